The zero-order chi connectivity index (χ0) is 20.9. The van der Waals surface area contributed by atoms with Crippen molar-refractivity contribution in [1.29, 1.82) is 0 Å². The highest BCUT2D eigenvalue weighted by molar-refractivity contribution is 14.0. The molecule has 0 amide bonds. The lowest BCUT2D eigenvalue weighted by molar-refractivity contribution is 0.259. The number of rotatable bonds is 7. The van der Waals surface area contributed by atoms with Gasteiger partial charge in [-0.15, -0.1) is 24.0 Å². The summed E-state index contributed by atoms with van der Waals surface area (Å²) in [6, 6.07) is 3.49. The first-order valence-electron chi connectivity index (χ1n) is 9.75. The summed E-state index contributed by atoms with van der Waals surface area (Å²) in [5, 5.41) is 11.0. The van der Waals surface area contributed by atoms with Gasteiger partial charge in [-0.25, -0.2) is 13.4 Å². The molecule has 0 bridgehead atoms. The fraction of sp³-hybridized carbons (Fsp3) is 0.611. The van der Waals surface area contributed by atoms with Crippen molar-refractivity contribution in [2.45, 2.75) is 39.0 Å². The van der Waals surface area contributed by atoms with Gasteiger partial charge in [-0.05, 0) is 12.8 Å². The van der Waals surface area contributed by atoms with E-state index < -0.39 is 10.0 Å². The molecule has 1 aliphatic heterocycles. The molecule has 1 saturated heterocycles. The smallest absolute Gasteiger partial charge is 0.220 e. The molecule has 1 fully saturated rings. The van der Waals surface area contributed by atoms with Gasteiger partial charge in [0.15, 0.2) is 11.7 Å². The fourth-order valence-electron chi connectivity index (χ4n) is 3.02. The highest BCUT2D eigenvalue weighted by atomic mass is 127. The van der Waals surface area contributed by atoms with Crippen LogP contribution in [-0.2, 0) is 22.3 Å². The SMILES string of the molecule is CCNC(=NCc1cc(C(C)C)no1)N1CCN(S(=O)(=O)Cc2ccon2)CC1.I. The van der Waals surface area contributed by atoms with Gasteiger partial charge in [0.2, 0.25) is 10.0 Å². The zero-order valence-electron chi connectivity index (χ0n) is 17.4. The van der Waals surface area contributed by atoms with E-state index in [9.17, 15) is 8.42 Å². The molecule has 0 aromatic carbocycles. The van der Waals surface area contributed by atoms with Crippen LogP contribution in [0, 0.1) is 0 Å². The Morgan fingerprint density at radius 1 is 1.27 bits per heavy atom. The molecular formula is C18H29IN6O4S. The number of aromatic nitrogens is 2. The third kappa shape index (κ3) is 6.41. The number of hydrogen-bond acceptors (Lipinski definition) is 7. The Kier molecular flexibility index (Phi) is 9.09. The summed E-state index contributed by atoms with van der Waals surface area (Å²) >= 11 is 0. The van der Waals surface area contributed by atoms with Gasteiger partial charge in [0.1, 0.15) is 18.6 Å². The first-order valence-corrected chi connectivity index (χ1v) is 11.4. The van der Waals surface area contributed by atoms with E-state index in [2.05, 4.69) is 39.4 Å². The average molecular weight is 552 g/mol. The van der Waals surface area contributed by atoms with Crippen molar-refractivity contribution in [1.82, 2.24) is 24.8 Å². The molecule has 3 heterocycles. The van der Waals surface area contributed by atoms with Gasteiger partial charge < -0.3 is 19.3 Å². The van der Waals surface area contributed by atoms with E-state index in [1.165, 1.54) is 10.6 Å². The van der Waals surface area contributed by atoms with Crippen LogP contribution in [0.3, 0.4) is 0 Å². The topological polar surface area (TPSA) is 117 Å². The molecule has 0 aliphatic carbocycles. The van der Waals surface area contributed by atoms with E-state index in [1.807, 2.05) is 13.0 Å². The lowest BCUT2D eigenvalue weighted by Gasteiger charge is -2.35. The third-order valence-electron chi connectivity index (χ3n) is 4.64. The molecule has 10 nitrogen and oxygen atoms in total. The highest BCUT2D eigenvalue weighted by Crippen LogP contribution is 2.16. The van der Waals surface area contributed by atoms with Crippen molar-refractivity contribution in [3.05, 3.63) is 35.5 Å². The number of guanidine groups is 1. The van der Waals surface area contributed by atoms with E-state index in [4.69, 9.17) is 9.05 Å². The largest absolute Gasteiger partial charge is 0.364 e. The minimum Gasteiger partial charge on any atom is -0.364 e. The summed E-state index contributed by atoms with van der Waals surface area (Å²) in [4.78, 5) is 6.70. The molecule has 1 aliphatic rings. The monoisotopic (exact) mass is 552 g/mol. The van der Waals surface area contributed by atoms with Crippen molar-refractivity contribution < 1.29 is 17.5 Å². The quantitative estimate of drug-likeness (QED) is 0.315. The Hall–Kier alpha value is -1.67. The van der Waals surface area contributed by atoms with E-state index in [0.717, 1.165) is 18.2 Å². The molecule has 168 valence electrons. The number of aliphatic imine (C=N–C) groups is 1. The summed E-state index contributed by atoms with van der Waals surface area (Å²) in [6.45, 7) is 9.11. The second-order valence-electron chi connectivity index (χ2n) is 7.18. The normalized spacial score (nSPS) is 16.0. The average Bonchev–Trinajstić information content (AvgIpc) is 3.37. The Bertz CT molecular complexity index is 905. The number of sulfonamides is 1. The summed E-state index contributed by atoms with van der Waals surface area (Å²) in [7, 11) is -3.43. The van der Waals surface area contributed by atoms with Gasteiger partial charge >= 0.3 is 0 Å². The second kappa shape index (κ2) is 11.1. The fourth-order valence-corrected chi connectivity index (χ4v) is 4.45. The van der Waals surface area contributed by atoms with Gasteiger partial charge in [0.25, 0.3) is 0 Å². The summed E-state index contributed by atoms with van der Waals surface area (Å²) in [5.41, 5.74) is 1.32. The number of hydrogen-bond donors (Lipinski definition) is 1. The van der Waals surface area contributed by atoms with Crippen molar-refractivity contribution in [2.75, 3.05) is 32.7 Å². The van der Waals surface area contributed by atoms with Crippen molar-refractivity contribution >= 4 is 40.0 Å². The predicted molar refractivity (Wildman–Crippen MR) is 123 cm³/mol. The molecule has 3 rings (SSSR count). The van der Waals surface area contributed by atoms with Crippen molar-refractivity contribution in [3.8, 4) is 0 Å². The Morgan fingerprint density at radius 2 is 2.00 bits per heavy atom. The molecule has 2 aromatic rings. The Morgan fingerprint density at radius 3 is 2.57 bits per heavy atom. The van der Waals surface area contributed by atoms with Crippen molar-refractivity contribution in [3.63, 3.8) is 0 Å². The maximum atomic E-state index is 12.6. The maximum Gasteiger partial charge on any atom is 0.220 e. The number of nitrogens with zero attached hydrogens (tertiary/aromatic N) is 5. The van der Waals surface area contributed by atoms with Gasteiger partial charge in [0, 0.05) is 44.9 Å². The molecule has 12 heteroatoms. The van der Waals surface area contributed by atoms with E-state index >= 15 is 0 Å². The van der Waals surface area contributed by atoms with Crippen molar-refractivity contribution in [2.24, 2.45) is 4.99 Å². The summed E-state index contributed by atoms with van der Waals surface area (Å²) < 4.78 is 36.7. The minimum absolute atomic E-state index is 0. The van der Waals surface area contributed by atoms with E-state index in [1.54, 1.807) is 6.07 Å². The molecule has 0 unspecified atom stereocenters. The molecule has 2 aromatic heterocycles. The summed E-state index contributed by atoms with van der Waals surface area (Å²) in [6.07, 6.45) is 1.38. The first-order chi connectivity index (χ1) is 13.9. The molecule has 0 spiro atoms. The lowest BCUT2D eigenvalue weighted by atomic mass is 10.1. The van der Waals surface area contributed by atoms with Crippen LogP contribution in [0.2, 0.25) is 0 Å². The highest BCUT2D eigenvalue weighted by Gasteiger charge is 2.29. The minimum atomic E-state index is -3.43. The van der Waals surface area contributed by atoms with Gasteiger partial charge in [-0.1, -0.05) is 24.2 Å². The van der Waals surface area contributed by atoms with Crippen LogP contribution in [0.4, 0.5) is 0 Å². The number of piperazine rings is 1. The molecule has 30 heavy (non-hydrogen) atoms. The maximum absolute atomic E-state index is 12.6. The predicted octanol–water partition coefficient (Wildman–Crippen LogP) is 2.02. The first kappa shape index (κ1) is 24.6. The lowest BCUT2D eigenvalue weighted by Crippen LogP contribution is -2.53. The third-order valence-corrected chi connectivity index (χ3v) is 6.45. The number of halogens is 1. The van der Waals surface area contributed by atoms with Gasteiger partial charge in [-0.2, -0.15) is 4.31 Å². The van der Waals surface area contributed by atoms with Crippen LogP contribution >= 0.6 is 24.0 Å². The molecular weight excluding hydrogens is 523 g/mol. The van der Waals surface area contributed by atoms with E-state index in [-0.39, 0.29) is 29.7 Å². The molecule has 0 atom stereocenters. The standard InChI is InChI=1S/C18H28N6O4S.HI/c1-4-19-18(20-12-16-11-17(14(2)3)22-28-16)23-6-8-24(9-7-23)29(25,26)13-15-5-10-27-21-15;/h5,10-11,14H,4,6-9,12-13H2,1-3H3,(H,19,20);1H. The molecule has 0 saturated carbocycles. The van der Waals surface area contributed by atoms with Crippen LogP contribution in [0.1, 0.15) is 43.8 Å². The van der Waals surface area contributed by atoms with Crippen LogP contribution in [0.5, 0.6) is 0 Å². The van der Waals surface area contributed by atoms with Gasteiger partial charge in [0.05, 0.1) is 11.4 Å². The van der Waals surface area contributed by atoms with Gasteiger partial charge in [-0.3, -0.25) is 0 Å². The van der Waals surface area contributed by atoms with E-state index in [0.29, 0.717) is 50.1 Å². The Labute approximate surface area is 194 Å². The van der Waals surface area contributed by atoms with Crippen LogP contribution < -0.4 is 5.32 Å². The van der Waals surface area contributed by atoms with Crippen LogP contribution in [-0.4, -0.2) is 66.6 Å². The molecule has 0 radical (unpaired) electrons. The van der Waals surface area contributed by atoms with Crippen LogP contribution in [0.25, 0.3) is 0 Å². The molecule has 1 N–H and O–H groups in total. The second-order valence-corrected chi connectivity index (χ2v) is 9.14. The summed E-state index contributed by atoms with van der Waals surface area (Å²) in [5.74, 6) is 1.60. The number of nitrogens with one attached hydrogen (secondary N) is 1. The zero-order valence-corrected chi connectivity index (χ0v) is 20.6. The van der Waals surface area contributed by atoms with Crippen LogP contribution in [0.15, 0.2) is 32.4 Å². The Balaban J connectivity index is 0.00000320.